The van der Waals surface area contributed by atoms with Gasteiger partial charge in [-0.15, -0.1) is 0 Å². The maximum atomic E-state index is 11.9. The predicted molar refractivity (Wildman–Crippen MR) is 120 cm³/mol. The van der Waals surface area contributed by atoms with Gasteiger partial charge < -0.3 is 5.73 Å². The maximum Gasteiger partial charge on any atom is 0.132 e. The molecule has 0 unspecified atom stereocenters. The summed E-state index contributed by atoms with van der Waals surface area (Å²) in [6, 6.07) is 0. The summed E-state index contributed by atoms with van der Waals surface area (Å²) >= 11 is 0. The standard InChI is InChI=1S/C24H48N2O/c1-2-3-4-5-6-7-8-9-10-11-12-14-17-20-23(27)21-18-15-13-16-19-22-24(25)26/h2-22H2,1H3,(H3,25,26). The first kappa shape index (κ1) is 26.1. The van der Waals surface area contributed by atoms with Crippen LogP contribution in [0.4, 0.5) is 0 Å². The van der Waals surface area contributed by atoms with Gasteiger partial charge in [-0.25, -0.2) is 0 Å². The van der Waals surface area contributed by atoms with E-state index in [4.69, 9.17) is 11.1 Å². The molecule has 3 nitrogen and oxygen atoms in total. The summed E-state index contributed by atoms with van der Waals surface area (Å²) < 4.78 is 0. The molecule has 0 bridgehead atoms. The zero-order valence-corrected chi connectivity index (χ0v) is 18.3. The Labute approximate surface area is 169 Å². The van der Waals surface area contributed by atoms with E-state index in [1.54, 1.807) is 0 Å². The van der Waals surface area contributed by atoms with Crippen molar-refractivity contribution in [2.75, 3.05) is 0 Å². The van der Waals surface area contributed by atoms with Crippen LogP contribution >= 0.6 is 0 Å². The first-order chi connectivity index (χ1) is 13.2. The van der Waals surface area contributed by atoms with Crippen LogP contribution in [0.15, 0.2) is 0 Å². The Bertz CT molecular complexity index is 341. The van der Waals surface area contributed by atoms with Crippen LogP contribution in [-0.4, -0.2) is 11.6 Å². The Balaban J connectivity index is 3.15. The first-order valence-corrected chi connectivity index (χ1v) is 12.0. The molecule has 0 saturated heterocycles. The molecule has 160 valence electrons. The van der Waals surface area contributed by atoms with E-state index >= 15 is 0 Å². The number of hydrogen-bond acceptors (Lipinski definition) is 2. The summed E-state index contributed by atoms with van der Waals surface area (Å²) in [5.41, 5.74) is 5.33. The van der Waals surface area contributed by atoms with Crippen LogP contribution in [0.3, 0.4) is 0 Å². The molecule has 27 heavy (non-hydrogen) atoms. The lowest BCUT2D eigenvalue weighted by molar-refractivity contribution is -0.119. The van der Waals surface area contributed by atoms with Gasteiger partial charge in [0.15, 0.2) is 0 Å². The second-order valence-electron chi connectivity index (χ2n) is 8.32. The van der Waals surface area contributed by atoms with Crippen LogP contribution in [0.1, 0.15) is 142 Å². The van der Waals surface area contributed by atoms with Gasteiger partial charge in [0.05, 0.1) is 5.84 Å². The fourth-order valence-electron chi connectivity index (χ4n) is 3.63. The van der Waals surface area contributed by atoms with Gasteiger partial charge in [-0.1, -0.05) is 103 Å². The molecule has 0 spiro atoms. The molecule has 0 aliphatic carbocycles. The lowest BCUT2D eigenvalue weighted by atomic mass is 10.0. The van der Waals surface area contributed by atoms with Gasteiger partial charge in [-0.05, 0) is 19.3 Å². The topological polar surface area (TPSA) is 66.9 Å². The highest BCUT2D eigenvalue weighted by Gasteiger charge is 2.02. The lowest BCUT2D eigenvalue weighted by Crippen LogP contribution is -2.08. The molecule has 0 aliphatic rings. The largest absolute Gasteiger partial charge is 0.388 e. The minimum atomic E-state index is 0.294. The molecule has 0 aromatic carbocycles. The van der Waals surface area contributed by atoms with E-state index in [1.165, 1.54) is 83.5 Å². The van der Waals surface area contributed by atoms with Crippen molar-refractivity contribution in [3.8, 4) is 0 Å². The van der Waals surface area contributed by atoms with Gasteiger partial charge in [0.1, 0.15) is 5.78 Å². The summed E-state index contributed by atoms with van der Waals surface area (Å²) in [7, 11) is 0. The van der Waals surface area contributed by atoms with E-state index in [-0.39, 0.29) is 0 Å². The average molecular weight is 381 g/mol. The van der Waals surface area contributed by atoms with Crippen molar-refractivity contribution in [3.05, 3.63) is 0 Å². The number of hydrogen-bond donors (Lipinski definition) is 2. The third-order valence-corrected chi connectivity index (χ3v) is 5.46. The molecule has 0 atom stereocenters. The summed E-state index contributed by atoms with van der Waals surface area (Å²) in [4.78, 5) is 11.9. The van der Waals surface area contributed by atoms with Crippen LogP contribution in [-0.2, 0) is 4.79 Å². The number of nitrogens with two attached hydrogens (primary N) is 1. The SMILES string of the molecule is CCCCCCCCCCCCCCCC(=O)CCCCCCCC(=N)N. The minimum absolute atomic E-state index is 0.294. The van der Waals surface area contributed by atoms with Crippen LogP contribution < -0.4 is 5.73 Å². The van der Waals surface area contributed by atoms with Crippen molar-refractivity contribution < 1.29 is 4.79 Å². The van der Waals surface area contributed by atoms with Crippen molar-refractivity contribution in [2.45, 2.75) is 142 Å². The van der Waals surface area contributed by atoms with E-state index in [0.717, 1.165) is 51.4 Å². The third kappa shape index (κ3) is 23.1. The number of unbranched alkanes of at least 4 members (excludes halogenated alkanes) is 16. The number of nitrogens with one attached hydrogen (secondary N) is 1. The monoisotopic (exact) mass is 380 g/mol. The number of rotatable bonds is 22. The van der Waals surface area contributed by atoms with Gasteiger partial charge in [0.25, 0.3) is 0 Å². The fraction of sp³-hybridized carbons (Fsp3) is 0.917. The molecule has 0 heterocycles. The molecule has 0 amide bonds. The third-order valence-electron chi connectivity index (χ3n) is 5.46. The molecular weight excluding hydrogens is 332 g/mol. The van der Waals surface area contributed by atoms with Crippen LogP contribution in [0.5, 0.6) is 0 Å². The molecule has 0 rings (SSSR count). The van der Waals surface area contributed by atoms with Gasteiger partial charge in [-0.2, -0.15) is 0 Å². The zero-order chi connectivity index (χ0) is 20.0. The fourth-order valence-corrected chi connectivity index (χ4v) is 3.63. The van der Waals surface area contributed by atoms with E-state index in [1.807, 2.05) is 0 Å². The van der Waals surface area contributed by atoms with Crippen molar-refractivity contribution >= 4 is 11.6 Å². The molecule has 0 radical (unpaired) electrons. The maximum absolute atomic E-state index is 11.9. The molecule has 3 heteroatoms. The van der Waals surface area contributed by atoms with Gasteiger partial charge >= 0.3 is 0 Å². The number of amidine groups is 1. The van der Waals surface area contributed by atoms with Gasteiger partial charge in [0.2, 0.25) is 0 Å². The molecule has 0 aromatic heterocycles. The van der Waals surface area contributed by atoms with Crippen LogP contribution in [0.25, 0.3) is 0 Å². The number of carbonyl (C=O) groups excluding carboxylic acids is 1. The smallest absolute Gasteiger partial charge is 0.132 e. The minimum Gasteiger partial charge on any atom is -0.388 e. The normalized spacial score (nSPS) is 11.0. The Hall–Kier alpha value is -0.860. The highest BCUT2D eigenvalue weighted by atomic mass is 16.1. The number of carbonyl (C=O) groups is 1. The number of ketones is 1. The summed E-state index contributed by atoms with van der Waals surface area (Å²) in [6.45, 7) is 2.28. The van der Waals surface area contributed by atoms with E-state index in [0.29, 0.717) is 11.6 Å². The average Bonchev–Trinajstić information content (AvgIpc) is 2.64. The van der Waals surface area contributed by atoms with Gasteiger partial charge in [-0.3, -0.25) is 10.2 Å². The summed E-state index contributed by atoms with van der Waals surface area (Å²) in [5.74, 6) is 0.754. The van der Waals surface area contributed by atoms with Crippen molar-refractivity contribution in [1.82, 2.24) is 0 Å². The molecule has 3 N–H and O–H groups in total. The second kappa shape index (κ2) is 21.4. The van der Waals surface area contributed by atoms with E-state index in [2.05, 4.69) is 6.92 Å². The molecule has 0 fully saturated rings. The molecular formula is C24H48N2O. The highest BCUT2D eigenvalue weighted by molar-refractivity contribution is 5.78. The zero-order valence-electron chi connectivity index (χ0n) is 18.3. The Morgan fingerprint density at radius 1 is 0.556 bits per heavy atom. The number of Topliss-reactive ketones (excluding diaryl/α,β-unsaturated/α-hetero) is 1. The highest BCUT2D eigenvalue weighted by Crippen LogP contribution is 2.14. The van der Waals surface area contributed by atoms with Crippen LogP contribution in [0.2, 0.25) is 0 Å². The van der Waals surface area contributed by atoms with Crippen molar-refractivity contribution in [1.29, 1.82) is 5.41 Å². The van der Waals surface area contributed by atoms with Crippen LogP contribution in [0, 0.1) is 5.41 Å². The van der Waals surface area contributed by atoms with Crippen molar-refractivity contribution in [2.24, 2.45) is 5.73 Å². The second-order valence-corrected chi connectivity index (χ2v) is 8.32. The lowest BCUT2D eigenvalue weighted by Gasteiger charge is -2.04. The molecule has 0 saturated carbocycles. The predicted octanol–water partition coefficient (Wildman–Crippen LogP) is 7.70. The molecule has 0 aliphatic heterocycles. The molecule has 0 aromatic rings. The summed E-state index contributed by atoms with van der Waals surface area (Å²) in [6.07, 6.45) is 25.4. The Morgan fingerprint density at radius 3 is 1.19 bits per heavy atom. The Morgan fingerprint density at radius 2 is 0.852 bits per heavy atom. The van der Waals surface area contributed by atoms with E-state index in [9.17, 15) is 4.79 Å². The first-order valence-electron chi connectivity index (χ1n) is 12.0. The van der Waals surface area contributed by atoms with E-state index < -0.39 is 0 Å². The summed E-state index contributed by atoms with van der Waals surface area (Å²) in [5, 5.41) is 7.17. The van der Waals surface area contributed by atoms with Crippen molar-refractivity contribution in [3.63, 3.8) is 0 Å². The quantitative estimate of drug-likeness (QED) is 0.115. The van der Waals surface area contributed by atoms with Gasteiger partial charge in [0, 0.05) is 19.3 Å². The Kier molecular flexibility index (Phi) is 20.8.